The number of nitrogens with zero attached hydrogens (tertiary/aromatic N) is 2. The van der Waals surface area contributed by atoms with Gasteiger partial charge in [-0.2, -0.15) is 13.2 Å². The number of amides is 1. The third-order valence-electron chi connectivity index (χ3n) is 3.38. The molecule has 6 nitrogen and oxygen atoms in total. The average Bonchev–Trinajstić information content (AvgIpc) is 3.13. The number of hydrogen-bond acceptors (Lipinski definition) is 5. The zero-order valence-corrected chi connectivity index (χ0v) is 13.2. The summed E-state index contributed by atoms with van der Waals surface area (Å²) in [7, 11) is 0. The molecule has 0 saturated carbocycles. The molecule has 0 unspecified atom stereocenters. The maximum Gasteiger partial charge on any atom is 0.416 e. The first-order valence-electron chi connectivity index (χ1n) is 7.49. The molecule has 0 spiro atoms. The van der Waals surface area contributed by atoms with Crippen molar-refractivity contribution < 1.29 is 22.4 Å². The van der Waals surface area contributed by atoms with E-state index in [2.05, 4.69) is 20.6 Å². The molecule has 1 amide bonds. The van der Waals surface area contributed by atoms with Gasteiger partial charge < -0.3 is 15.1 Å². The summed E-state index contributed by atoms with van der Waals surface area (Å²) < 4.78 is 42.7. The quantitative estimate of drug-likeness (QED) is 0.718. The predicted molar refractivity (Wildman–Crippen MR) is 87.5 cm³/mol. The molecular formula is C17H13F3N4O2. The first-order valence-corrected chi connectivity index (χ1v) is 7.49. The zero-order valence-electron chi connectivity index (χ0n) is 13.2. The van der Waals surface area contributed by atoms with Crippen LogP contribution in [0.5, 0.6) is 0 Å². The van der Waals surface area contributed by atoms with Crippen LogP contribution in [-0.4, -0.2) is 15.9 Å². The molecule has 0 aliphatic heterocycles. The number of benzene rings is 1. The molecule has 2 heterocycles. The molecule has 0 atom stereocenters. The van der Waals surface area contributed by atoms with Crippen molar-refractivity contribution >= 4 is 17.4 Å². The lowest BCUT2D eigenvalue weighted by Crippen LogP contribution is -2.15. The van der Waals surface area contributed by atoms with Gasteiger partial charge in [-0.15, -0.1) is 0 Å². The highest BCUT2D eigenvalue weighted by Crippen LogP contribution is 2.29. The SMILES string of the molecule is O=C(Nc1ccc(C(F)(F)F)cc1)c1cnc(NCc2ccco2)cn1. The molecule has 0 aliphatic rings. The molecule has 134 valence electrons. The van der Waals surface area contributed by atoms with Gasteiger partial charge in [0, 0.05) is 5.69 Å². The minimum Gasteiger partial charge on any atom is -0.467 e. The number of nitrogens with one attached hydrogen (secondary N) is 2. The highest BCUT2D eigenvalue weighted by molar-refractivity contribution is 6.02. The first-order chi connectivity index (χ1) is 12.4. The lowest BCUT2D eigenvalue weighted by atomic mass is 10.2. The maximum absolute atomic E-state index is 12.5. The van der Waals surface area contributed by atoms with Crippen LogP contribution in [0.15, 0.2) is 59.5 Å². The number of alkyl halides is 3. The lowest BCUT2D eigenvalue weighted by Gasteiger charge is -2.09. The van der Waals surface area contributed by atoms with E-state index in [-0.39, 0.29) is 11.4 Å². The van der Waals surface area contributed by atoms with Gasteiger partial charge in [0.2, 0.25) is 0 Å². The van der Waals surface area contributed by atoms with Crippen LogP contribution < -0.4 is 10.6 Å². The molecule has 1 aromatic carbocycles. The molecule has 2 N–H and O–H groups in total. The summed E-state index contributed by atoms with van der Waals surface area (Å²) in [6, 6.07) is 7.69. The summed E-state index contributed by atoms with van der Waals surface area (Å²) in [4.78, 5) is 20.1. The minimum absolute atomic E-state index is 0.0356. The van der Waals surface area contributed by atoms with E-state index in [9.17, 15) is 18.0 Å². The van der Waals surface area contributed by atoms with Gasteiger partial charge in [0.15, 0.2) is 0 Å². The minimum atomic E-state index is -4.42. The number of anilines is 2. The monoisotopic (exact) mass is 362 g/mol. The van der Waals surface area contributed by atoms with E-state index >= 15 is 0 Å². The van der Waals surface area contributed by atoms with Crippen LogP contribution in [0.1, 0.15) is 21.8 Å². The number of rotatable bonds is 5. The summed E-state index contributed by atoms with van der Waals surface area (Å²) in [5, 5.41) is 5.44. The number of carbonyl (C=O) groups excluding carboxylic acids is 1. The van der Waals surface area contributed by atoms with E-state index < -0.39 is 17.6 Å². The Balaban J connectivity index is 1.59. The second-order valence-corrected chi connectivity index (χ2v) is 5.25. The molecule has 2 aromatic heterocycles. The van der Waals surface area contributed by atoms with E-state index in [1.807, 2.05) is 0 Å². The van der Waals surface area contributed by atoms with Crippen LogP contribution in [0.25, 0.3) is 0 Å². The molecule has 3 rings (SSSR count). The summed E-state index contributed by atoms with van der Waals surface area (Å²) in [6.45, 7) is 0.415. The molecule has 3 aromatic rings. The van der Waals surface area contributed by atoms with Crippen molar-refractivity contribution in [3.63, 3.8) is 0 Å². The molecule has 0 saturated heterocycles. The third kappa shape index (κ3) is 4.38. The normalized spacial score (nSPS) is 11.2. The number of aromatic nitrogens is 2. The highest BCUT2D eigenvalue weighted by Gasteiger charge is 2.30. The number of furan rings is 1. The van der Waals surface area contributed by atoms with Crippen LogP contribution in [0.3, 0.4) is 0 Å². The van der Waals surface area contributed by atoms with Crippen molar-refractivity contribution in [3.8, 4) is 0 Å². The zero-order chi connectivity index (χ0) is 18.6. The van der Waals surface area contributed by atoms with E-state index in [1.54, 1.807) is 18.4 Å². The highest BCUT2D eigenvalue weighted by atomic mass is 19.4. The molecule has 0 bridgehead atoms. The van der Waals surface area contributed by atoms with Crippen LogP contribution in [0.4, 0.5) is 24.7 Å². The van der Waals surface area contributed by atoms with Gasteiger partial charge in [-0.25, -0.2) is 9.97 Å². The molecule has 0 radical (unpaired) electrons. The van der Waals surface area contributed by atoms with Crippen molar-refractivity contribution in [2.75, 3.05) is 10.6 Å². The Kier molecular flexibility index (Phi) is 4.87. The maximum atomic E-state index is 12.5. The van der Waals surface area contributed by atoms with Crippen LogP contribution in [0.2, 0.25) is 0 Å². The summed E-state index contributed by atoms with van der Waals surface area (Å²) in [5.74, 6) is 0.596. The van der Waals surface area contributed by atoms with Gasteiger partial charge in [0.25, 0.3) is 5.91 Å². The Morgan fingerprint density at radius 2 is 1.85 bits per heavy atom. The second-order valence-electron chi connectivity index (χ2n) is 5.25. The fourth-order valence-electron chi connectivity index (χ4n) is 2.07. The summed E-state index contributed by atoms with van der Waals surface area (Å²) >= 11 is 0. The number of carbonyl (C=O) groups is 1. The van der Waals surface area contributed by atoms with Gasteiger partial charge in [0.05, 0.1) is 30.8 Å². The van der Waals surface area contributed by atoms with Gasteiger partial charge in [0.1, 0.15) is 17.3 Å². The van der Waals surface area contributed by atoms with E-state index in [0.29, 0.717) is 12.4 Å². The Bertz CT molecular complexity index is 861. The smallest absolute Gasteiger partial charge is 0.416 e. The number of hydrogen-bond donors (Lipinski definition) is 2. The Morgan fingerprint density at radius 3 is 2.42 bits per heavy atom. The van der Waals surface area contributed by atoms with E-state index in [0.717, 1.165) is 17.9 Å². The van der Waals surface area contributed by atoms with Crippen molar-refractivity contribution in [2.24, 2.45) is 0 Å². The molecule has 26 heavy (non-hydrogen) atoms. The summed E-state index contributed by atoms with van der Waals surface area (Å²) in [6.07, 6.45) is -0.224. The van der Waals surface area contributed by atoms with Gasteiger partial charge in [-0.05, 0) is 36.4 Å². The molecule has 9 heteroatoms. The van der Waals surface area contributed by atoms with Crippen molar-refractivity contribution in [2.45, 2.75) is 12.7 Å². The van der Waals surface area contributed by atoms with Gasteiger partial charge in [-0.1, -0.05) is 0 Å². The summed E-state index contributed by atoms with van der Waals surface area (Å²) in [5.41, 5.74) is -0.527. The van der Waals surface area contributed by atoms with E-state index in [4.69, 9.17) is 4.42 Å². The average molecular weight is 362 g/mol. The molecular weight excluding hydrogens is 349 g/mol. The van der Waals surface area contributed by atoms with E-state index in [1.165, 1.54) is 24.5 Å². The van der Waals surface area contributed by atoms with Gasteiger partial charge >= 0.3 is 6.18 Å². The van der Waals surface area contributed by atoms with Crippen LogP contribution in [-0.2, 0) is 12.7 Å². The van der Waals surface area contributed by atoms with Gasteiger partial charge in [-0.3, -0.25) is 4.79 Å². The standard InChI is InChI=1S/C17H13F3N4O2/c18-17(19,20)11-3-5-12(6-4-11)24-16(25)14-9-23-15(10-21-14)22-8-13-2-1-7-26-13/h1-7,9-10H,8H2,(H,22,23)(H,24,25). The van der Waals surface area contributed by atoms with Crippen molar-refractivity contribution in [3.05, 3.63) is 72.1 Å². The third-order valence-corrected chi connectivity index (χ3v) is 3.38. The fraction of sp³-hybridized carbons (Fsp3) is 0.118. The van der Waals surface area contributed by atoms with Crippen molar-refractivity contribution in [1.29, 1.82) is 0 Å². The molecule has 0 fully saturated rings. The number of halogens is 3. The Morgan fingerprint density at radius 1 is 1.08 bits per heavy atom. The van der Waals surface area contributed by atoms with Crippen LogP contribution >= 0.6 is 0 Å². The fourth-order valence-corrected chi connectivity index (χ4v) is 2.07. The second kappa shape index (κ2) is 7.26. The first kappa shape index (κ1) is 17.5. The molecule has 0 aliphatic carbocycles. The Hall–Kier alpha value is -3.36. The van der Waals surface area contributed by atoms with Crippen molar-refractivity contribution in [1.82, 2.24) is 9.97 Å². The van der Waals surface area contributed by atoms with Crippen LogP contribution in [0, 0.1) is 0 Å². The largest absolute Gasteiger partial charge is 0.467 e. The predicted octanol–water partition coefficient (Wildman–Crippen LogP) is 3.95. The topological polar surface area (TPSA) is 80.0 Å². The Labute approximate surface area is 146 Å². The lowest BCUT2D eigenvalue weighted by molar-refractivity contribution is -0.137.